The Bertz CT molecular complexity index is 101. The zero-order chi connectivity index (χ0) is 7.33. The monoisotopic (exact) mass is 170 g/mol. The molecule has 0 aliphatic heterocycles. The fourth-order valence-electron chi connectivity index (χ4n) is 0.774. The van der Waals surface area contributed by atoms with Gasteiger partial charge in [0.05, 0.1) is 27.2 Å². The normalized spacial score (nSPS) is 8.91. The number of quaternary nitrogens is 1. The molecule has 11 heavy (non-hydrogen) atoms. The van der Waals surface area contributed by atoms with Crippen molar-refractivity contribution in [3.63, 3.8) is 0 Å². The molecular weight excluding hydrogens is 152 g/mol. The van der Waals surface area contributed by atoms with Gasteiger partial charge >= 0.3 is 18.9 Å². The molecule has 0 heterocycles. The average Bonchev–Trinajstić information content (AvgIpc) is 1.64. The van der Waals surface area contributed by atoms with Crippen molar-refractivity contribution >= 4 is 31.3 Å². The Kier molecular flexibility index (Phi) is 13.3. The van der Waals surface area contributed by atoms with Crippen LogP contribution in [0.15, 0.2) is 25.3 Å². The van der Waals surface area contributed by atoms with Crippen LogP contribution in [0.1, 0.15) is 0 Å². The molecule has 0 aromatic heterocycles. The molecule has 0 bridgehead atoms. The van der Waals surface area contributed by atoms with E-state index in [0.717, 1.165) is 17.6 Å². The first-order chi connectivity index (χ1) is 4.12. The Morgan fingerprint density at radius 3 is 1.55 bits per heavy atom. The zero-order valence-electron chi connectivity index (χ0n) is 6.84. The summed E-state index contributed by atoms with van der Waals surface area (Å²) in [5.74, 6) is 0. The molecule has 0 atom stereocenters. The number of hydrogen-bond donors (Lipinski definition) is 0. The van der Waals surface area contributed by atoms with Crippen LogP contribution in [0.4, 0.5) is 0 Å². The van der Waals surface area contributed by atoms with Gasteiger partial charge in [0.25, 0.3) is 0 Å². The Hall–Kier alpha value is 0.327. The van der Waals surface area contributed by atoms with E-state index in [0.29, 0.717) is 0 Å². The van der Waals surface area contributed by atoms with Crippen LogP contribution >= 0.6 is 12.4 Å². The summed E-state index contributed by atoms with van der Waals surface area (Å²) >= 11 is 0. The van der Waals surface area contributed by atoms with Crippen molar-refractivity contribution in [3.05, 3.63) is 25.3 Å². The number of likely N-dealkylation sites (N-methyl/N-ethyl adjacent to an activating group) is 1. The van der Waals surface area contributed by atoms with Gasteiger partial charge in [-0.05, 0) is 12.2 Å². The molecular formula is C8H18ClLiN+. The van der Waals surface area contributed by atoms with Gasteiger partial charge < -0.3 is 4.48 Å². The van der Waals surface area contributed by atoms with Crippen LogP contribution in [-0.4, -0.2) is 50.5 Å². The van der Waals surface area contributed by atoms with Crippen molar-refractivity contribution < 1.29 is 4.48 Å². The summed E-state index contributed by atoms with van der Waals surface area (Å²) in [5.41, 5.74) is 0. The first kappa shape index (κ1) is 17.4. The predicted octanol–water partition coefficient (Wildman–Crippen LogP) is 1.21. The summed E-state index contributed by atoms with van der Waals surface area (Å²) in [6, 6.07) is 0. The third kappa shape index (κ3) is 10.3. The molecule has 0 saturated heterocycles. The second-order valence-corrected chi connectivity index (χ2v) is 2.88. The fourth-order valence-corrected chi connectivity index (χ4v) is 0.774. The summed E-state index contributed by atoms with van der Waals surface area (Å²) < 4.78 is 0.951. The van der Waals surface area contributed by atoms with Gasteiger partial charge in [0, 0.05) is 0 Å². The summed E-state index contributed by atoms with van der Waals surface area (Å²) in [4.78, 5) is 0. The Balaban J connectivity index is -0.000000320. The van der Waals surface area contributed by atoms with E-state index in [9.17, 15) is 0 Å². The zero-order valence-corrected chi connectivity index (χ0v) is 7.66. The third-order valence-corrected chi connectivity index (χ3v) is 1.25. The molecule has 0 aromatic rings. The second-order valence-electron chi connectivity index (χ2n) is 2.88. The average molecular weight is 171 g/mol. The van der Waals surface area contributed by atoms with Gasteiger partial charge in [-0.15, -0.1) is 12.4 Å². The van der Waals surface area contributed by atoms with Crippen LogP contribution in [0, 0.1) is 0 Å². The summed E-state index contributed by atoms with van der Waals surface area (Å²) in [6.45, 7) is 9.37. The van der Waals surface area contributed by atoms with Gasteiger partial charge in [-0.25, -0.2) is 0 Å². The second kappa shape index (κ2) is 8.42. The van der Waals surface area contributed by atoms with Crippen LogP contribution < -0.4 is 0 Å². The van der Waals surface area contributed by atoms with Crippen LogP contribution in [0.3, 0.4) is 0 Å². The van der Waals surface area contributed by atoms with Gasteiger partial charge in [0.2, 0.25) is 0 Å². The van der Waals surface area contributed by atoms with Crippen LogP contribution in [0.2, 0.25) is 0 Å². The molecule has 0 aromatic carbocycles. The van der Waals surface area contributed by atoms with E-state index in [1.807, 2.05) is 12.2 Å². The maximum absolute atomic E-state index is 3.68. The quantitative estimate of drug-likeness (QED) is 0.338. The van der Waals surface area contributed by atoms with Crippen LogP contribution in [-0.2, 0) is 0 Å². The summed E-state index contributed by atoms with van der Waals surface area (Å²) in [7, 11) is 4.31. The van der Waals surface area contributed by atoms with E-state index >= 15 is 0 Å². The van der Waals surface area contributed by atoms with E-state index in [1.165, 1.54) is 0 Å². The van der Waals surface area contributed by atoms with Crippen molar-refractivity contribution in [2.75, 3.05) is 27.2 Å². The third-order valence-electron chi connectivity index (χ3n) is 1.25. The molecule has 0 amide bonds. The minimum absolute atomic E-state index is 0. The molecule has 0 rings (SSSR count). The van der Waals surface area contributed by atoms with Gasteiger partial charge in [-0.3, -0.25) is 0 Å². The van der Waals surface area contributed by atoms with E-state index in [2.05, 4.69) is 27.3 Å². The maximum atomic E-state index is 3.68. The first-order valence-corrected chi connectivity index (χ1v) is 3.16. The van der Waals surface area contributed by atoms with Crippen LogP contribution in [0.25, 0.3) is 0 Å². The molecule has 0 N–H and O–H groups in total. The van der Waals surface area contributed by atoms with E-state index in [-0.39, 0.29) is 31.3 Å². The number of hydrogen-bond acceptors (Lipinski definition) is 0. The molecule has 0 radical (unpaired) electrons. The van der Waals surface area contributed by atoms with Gasteiger partial charge in [-0.1, -0.05) is 13.2 Å². The molecule has 0 spiro atoms. The number of nitrogens with zero attached hydrogens (tertiary/aromatic N) is 1. The topological polar surface area (TPSA) is 0 Å². The van der Waals surface area contributed by atoms with Crippen molar-refractivity contribution in [2.45, 2.75) is 0 Å². The van der Waals surface area contributed by atoms with Gasteiger partial charge in [0.1, 0.15) is 0 Å². The molecule has 1 nitrogen and oxygen atoms in total. The molecule has 0 fully saturated rings. The molecule has 0 aliphatic rings. The fraction of sp³-hybridized carbons (Fsp3) is 0.500. The SMILES string of the molecule is C=CC[N+](C)(C)CC=C.Cl.[LiH]. The van der Waals surface area contributed by atoms with Gasteiger partial charge in [-0.2, -0.15) is 0 Å². The first-order valence-electron chi connectivity index (χ1n) is 3.16. The van der Waals surface area contributed by atoms with Gasteiger partial charge in [0.15, 0.2) is 0 Å². The van der Waals surface area contributed by atoms with Crippen molar-refractivity contribution in [1.82, 2.24) is 0 Å². The van der Waals surface area contributed by atoms with E-state index < -0.39 is 0 Å². The Labute approximate surface area is 88.3 Å². The van der Waals surface area contributed by atoms with Crippen molar-refractivity contribution in [2.24, 2.45) is 0 Å². The van der Waals surface area contributed by atoms with Crippen molar-refractivity contribution in [1.29, 1.82) is 0 Å². The number of halogens is 1. The minimum atomic E-state index is 0. The Morgan fingerprint density at radius 1 is 1.09 bits per heavy atom. The molecule has 0 saturated carbocycles. The van der Waals surface area contributed by atoms with Crippen molar-refractivity contribution in [3.8, 4) is 0 Å². The van der Waals surface area contributed by atoms with E-state index in [4.69, 9.17) is 0 Å². The molecule has 62 valence electrons. The Morgan fingerprint density at radius 2 is 1.36 bits per heavy atom. The molecule has 0 unspecified atom stereocenters. The van der Waals surface area contributed by atoms with E-state index in [1.54, 1.807) is 0 Å². The predicted molar refractivity (Wildman–Crippen MR) is 56.6 cm³/mol. The van der Waals surface area contributed by atoms with Crippen LogP contribution in [0.5, 0.6) is 0 Å². The number of rotatable bonds is 4. The summed E-state index contributed by atoms with van der Waals surface area (Å²) in [5, 5.41) is 0. The summed E-state index contributed by atoms with van der Waals surface area (Å²) in [6.07, 6.45) is 3.87. The molecule has 0 aliphatic carbocycles. The standard InChI is InChI=1S/C8H16N.ClH.Li.H/c1-5-7-9(3,4)8-6-2;;;/h5-6H,1-2,7-8H2,3-4H3;1H;;/q+1;;;. The molecule has 3 heteroatoms.